The number of nitrogens with zero attached hydrogens (tertiary/aromatic N) is 1. The molecule has 178 valence electrons. The maximum Gasteiger partial charge on any atom is 0.338 e. The molecule has 0 aromatic heterocycles. The molecule has 1 unspecified atom stereocenters. The summed E-state index contributed by atoms with van der Waals surface area (Å²) in [7, 11) is 1.55. The number of ether oxygens (including phenoxy) is 2. The van der Waals surface area contributed by atoms with Crippen LogP contribution in [0.3, 0.4) is 0 Å². The van der Waals surface area contributed by atoms with Crippen LogP contribution in [0.15, 0.2) is 54.1 Å². The fraction of sp³-hybridized carbons (Fsp3) is 0.370. The molecule has 1 amide bonds. The Morgan fingerprint density at radius 1 is 0.971 bits per heavy atom. The van der Waals surface area contributed by atoms with Crippen LogP contribution in [-0.4, -0.2) is 42.5 Å². The second-order valence-corrected chi connectivity index (χ2v) is 8.61. The number of carbonyl (C=O) groups is 3. The van der Waals surface area contributed by atoms with Gasteiger partial charge in [-0.05, 0) is 74.2 Å². The first-order valence-corrected chi connectivity index (χ1v) is 11.7. The summed E-state index contributed by atoms with van der Waals surface area (Å²) in [4.78, 5) is 40.0. The second-order valence-electron chi connectivity index (χ2n) is 8.61. The topological polar surface area (TPSA) is 93.1 Å². The molecule has 2 fully saturated rings. The van der Waals surface area contributed by atoms with Gasteiger partial charge < -0.3 is 14.6 Å². The maximum absolute atomic E-state index is 13.2. The standard InChI is InChI=1S/C27H29NO6/c1-3-34-27(32)19-9-13-20(14-10-19)28-23(17-7-5-4-6-8-17)22(25(30)26(28)31)24(29)18-11-15-21(33-2)16-12-18/h9-17,23,29H,3-8H2,1-2H3. The van der Waals surface area contributed by atoms with Gasteiger partial charge in [-0.1, -0.05) is 19.3 Å². The zero-order valence-corrected chi connectivity index (χ0v) is 19.5. The number of aliphatic hydroxyl groups excluding tert-OH is 1. The molecular formula is C27H29NO6. The van der Waals surface area contributed by atoms with Crippen molar-refractivity contribution < 1.29 is 29.0 Å². The van der Waals surface area contributed by atoms with Crippen molar-refractivity contribution in [2.45, 2.75) is 45.1 Å². The molecule has 7 heteroatoms. The maximum atomic E-state index is 13.2. The summed E-state index contributed by atoms with van der Waals surface area (Å²) in [5.41, 5.74) is 1.47. The van der Waals surface area contributed by atoms with E-state index in [-0.39, 0.29) is 23.9 Å². The van der Waals surface area contributed by atoms with E-state index < -0.39 is 23.7 Å². The van der Waals surface area contributed by atoms with Gasteiger partial charge in [-0.2, -0.15) is 0 Å². The Morgan fingerprint density at radius 2 is 1.59 bits per heavy atom. The van der Waals surface area contributed by atoms with E-state index in [9.17, 15) is 19.5 Å². The molecule has 1 aliphatic carbocycles. The molecule has 1 atom stereocenters. The Morgan fingerprint density at radius 3 is 2.18 bits per heavy atom. The molecule has 7 nitrogen and oxygen atoms in total. The average Bonchev–Trinajstić information content (AvgIpc) is 3.14. The summed E-state index contributed by atoms with van der Waals surface area (Å²) < 4.78 is 10.2. The Hall–Kier alpha value is -3.61. The van der Waals surface area contributed by atoms with Crippen molar-refractivity contribution in [3.8, 4) is 5.75 Å². The first kappa shape index (κ1) is 23.5. The Labute approximate surface area is 199 Å². The van der Waals surface area contributed by atoms with Gasteiger partial charge in [0.15, 0.2) is 0 Å². The number of benzene rings is 2. The molecular weight excluding hydrogens is 434 g/mol. The molecule has 2 aliphatic rings. The van der Waals surface area contributed by atoms with Crippen LogP contribution in [0.1, 0.15) is 54.9 Å². The monoisotopic (exact) mass is 463 g/mol. The largest absolute Gasteiger partial charge is 0.507 e. The van der Waals surface area contributed by atoms with Crippen molar-refractivity contribution in [3.63, 3.8) is 0 Å². The SMILES string of the molecule is CCOC(=O)c1ccc(N2C(=O)C(=O)C(=C(O)c3ccc(OC)cc3)C2C2CCCCC2)cc1. The van der Waals surface area contributed by atoms with Gasteiger partial charge in [0.05, 0.1) is 30.9 Å². The third-order valence-corrected chi connectivity index (χ3v) is 6.60. The molecule has 1 N–H and O–H groups in total. The van der Waals surface area contributed by atoms with Crippen molar-refractivity contribution in [2.75, 3.05) is 18.6 Å². The Kier molecular flexibility index (Phi) is 7.01. The lowest BCUT2D eigenvalue weighted by Crippen LogP contribution is -2.40. The van der Waals surface area contributed by atoms with Crippen molar-refractivity contribution in [2.24, 2.45) is 5.92 Å². The molecule has 1 heterocycles. The van der Waals surface area contributed by atoms with Gasteiger partial charge in [0.2, 0.25) is 0 Å². The molecule has 0 radical (unpaired) electrons. The number of hydrogen-bond donors (Lipinski definition) is 1. The fourth-order valence-electron chi connectivity index (χ4n) is 4.91. The highest BCUT2D eigenvalue weighted by Gasteiger charge is 2.49. The molecule has 4 rings (SSSR count). The highest BCUT2D eigenvalue weighted by atomic mass is 16.5. The van der Waals surface area contributed by atoms with Gasteiger partial charge in [-0.15, -0.1) is 0 Å². The third kappa shape index (κ3) is 4.42. The van der Waals surface area contributed by atoms with Crippen LogP contribution in [-0.2, 0) is 14.3 Å². The van der Waals surface area contributed by atoms with E-state index in [1.54, 1.807) is 62.6 Å². The number of hydrogen-bond acceptors (Lipinski definition) is 6. The van der Waals surface area contributed by atoms with Gasteiger partial charge in [0.25, 0.3) is 11.7 Å². The van der Waals surface area contributed by atoms with Crippen LogP contribution >= 0.6 is 0 Å². The van der Waals surface area contributed by atoms with E-state index >= 15 is 0 Å². The smallest absolute Gasteiger partial charge is 0.338 e. The Bertz CT molecular complexity index is 1100. The van der Waals surface area contributed by atoms with Crippen LogP contribution in [0, 0.1) is 5.92 Å². The molecule has 1 aliphatic heterocycles. The molecule has 2 aromatic carbocycles. The van der Waals surface area contributed by atoms with E-state index in [0.29, 0.717) is 22.6 Å². The van der Waals surface area contributed by atoms with Crippen LogP contribution in [0.2, 0.25) is 0 Å². The number of rotatable bonds is 6. The second kappa shape index (κ2) is 10.1. The summed E-state index contributed by atoms with van der Waals surface area (Å²) in [6, 6.07) is 12.7. The van der Waals surface area contributed by atoms with Crippen LogP contribution in [0.4, 0.5) is 5.69 Å². The highest BCUT2D eigenvalue weighted by Crippen LogP contribution is 2.41. The zero-order chi connectivity index (χ0) is 24.2. The summed E-state index contributed by atoms with van der Waals surface area (Å²) >= 11 is 0. The number of carbonyl (C=O) groups excluding carboxylic acids is 3. The first-order chi connectivity index (χ1) is 16.5. The number of aliphatic hydroxyl groups is 1. The van der Waals surface area contributed by atoms with E-state index in [1.807, 2.05) is 0 Å². The molecule has 2 aromatic rings. The minimum Gasteiger partial charge on any atom is -0.507 e. The lowest BCUT2D eigenvalue weighted by Gasteiger charge is -2.34. The van der Waals surface area contributed by atoms with Gasteiger partial charge in [-0.25, -0.2) is 4.79 Å². The summed E-state index contributed by atoms with van der Waals surface area (Å²) in [6.07, 6.45) is 4.86. The predicted molar refractivity (Wildman–Crippen MR) is 128 cm³/mol. The minimum absolute atomic E-state index is 0.0456. The minimum atomic E-state index is -0.696. The van der Waals surface area contributed by atoms with Gasteiger partial charge in [0, 0.05) is 11.3 Å². The fourth-order valence-corrected chi connectivity index (χ4v) is 4.91. The molecule has 34 heavy (non-hydrogen) atoms. The molecule has 1 saturated carbocycles. The van der Waals surface area contributed by atoms with Crippen LogP contribution in [0.25, 0.3) is 5.76 Å². The number of ketones is 1. The number of anilines is 1. The lowest BCUT2D eigenvalue weighted by atomic mass is 9.80. The van der Waals surface area contributed by atoms with Crippen molar-refractivity contribution >= 4 is 29.1 Å². The van der Waals surface area contributed by atoms with Crippen molar-refractivity contribution in [1.82, 2.24) is 0 Å². The molecule has 1 saturated heterocycles. The Balaban J connectivity index is 1.77. The van der Waals surface area contributed by atoms with Crippen molar-refractivity contribution in [1.29, 1.82) is 0 Å². The highest BCUT2D eigenvalue weighted by molar-refractivity contribution is 6.51. The normalized spacial score (nSPS) is 20.4. The number of Topliss-reactive ketones (excluding diaryl/α,β-unsaturated/α-hetero) is 1. The van der Waals surface area contributed by atoms with E-state index in [0.717, 1.165) is 32.1 Å². The summed E-state index contributed by atoms with van der Waals surface area (Å²) in [5.74, 6) is -1.32. The molecule has 0 spiro atoms. The predicted octanol–water partition coefficient (Wildman–Crippen LogP) is 4.71. The zero-order valence-electron chi connectivity index (χ0n) is 19.5. The number of esters is 1. The quantitative estimate of drug-likeness (QED) is 0.289. The summed E-state index contributed by atoms with van der Waals surface area (Å²) in [5, 5.41) is 11.2. The van der Waals surface area contributed by atoms with Gasteiger partial charge in [-0.3, -0.25) is 14.5 Å². The summed E-state index contributed by atoms with van der Waals surface area (Å²) in [6.45, 7) is 2.00. The first-order valence-electron chi connectivity index (χ1n) is 11.7. The number of amides is 1. The van der Waals surface area contributed by atoms with Gasteiger partial charge >= 0.3 is 5.97 Å². The van der Waals surface area contributed by atoms with Crippen molar-refractivity contribution in [3.05, 3.63) is 65.2 Å². The lowest BCUT2D eigenvalue weighted by molar-refractivity contribution is -0.132. The van der Waals surface area contributed by atoms with Crippen LogP contribution < -0.4 is 9.64 Å². The van der Waals surface area contributed by atoms with E-state index in [2.05, 4.69) is 0 Å². The number of methoxy groups -OCH3 is 1. The average molecular weight is 464 g/mol. The van der Waals surface area contributed by atoms with Crippen LogP contribution in [0.5, 0.6) is 5.75 Å². The van der Waals surface area contributed by atoms with Gasteiger partial charge in [0.1, 0.15) is 11.5 Å². The van der Waals surface area contributed by atoms with E-state index in [4.69, 9.17) is 9.47 Å². The molecule has 0 bridgehead atoms. The van der Waals surface area contributed by atoms with E-state index in [1.165, 1.54) is 4.90 Å². The third-order valence-electron chi connectivity index (χ3n) is 6.60.